The molecular weight excluding hydrogens is 528 g/mol. The molecule has 0 aliphatic carbocycles. The number of nitrogens with one attached hydrogen (secondary N) is 2. The van der Waals surface area contributed by atoms with Crippen LogP contribution >= 0.6 is 0 Å². The van der Waals surface area contributed by atoms with Crippen molar-refractivity contribution in [2.75, 3.05) is 34.2 Å². The molecule has 0 aromatic heterocycles. The van der Waals surface area contributed by atoms with Crippen molar-refractivity contribution in [3.63, 3.8) is 0 Å². The summed E-state index contributed by atoms with van der Waals surface area (Å²) in [6, 6.07) is 15.0. The molecule has 1 aliphatic rings. The number of ketones is 2. The molecule has 2 amide bonds. The fourth-order valence-corrected chi connectivity index (χ4v) is 4.39. The molecule has 2 aromatic rings. The summed E-state index contributed by atoms with van der Waals surface area (Å²) in [5.74, 6) is -1.38. The van der Waals surface area contributed by atoms with E-state index < -0.39 is 29.5 Å². The van der Waals surface area contributed by atoms with Gasteiger partial charge in [0.15, 0.2) is 11.6 Å². The zero-order chi connectivity index (χ0) is 29.8. The second kappa shape index (κ2) is 15.4. The lowest BCUT2D eigenvalue weighted by atomic mass is 9.89. The van der Waals surface area contributed by atoms with Crippen LogP contribution in [0.25, 0.3) is 0 Å². The second-order valence-corrected chi connectivity index (χ2v) is 10.4. The summed E-state index contributed by atoms with van der Waals surface area (Å²) in [5.41, 5.74) is 0.790. The van der Waals surface area contributed by atoms with Crippen LogP contribution in [-0.4, -0.2) is 75.3 Å². The van der Waals surface area contributed by atoms with Gasteiger partial charge in [-0.25, -0.2) is 0 Å². The Morgan fingerprint density at radius 3 is 2.22 bits per heavy atom. The van der Waals surface area contributed by atoms with Gasteiger partial charge in [0.25, 0.3) is 0 Å². The number of carbonyl (C=O) groups excluding carboxylic acids is 4. The second-order valence-electron chi connectivity index (χ2n) is 10.4. The molecule has 0 bridgehead atoms. The van der Waals surface area contributed by atoms with E-state index in [1.54, 1.807) is 33.1 Å². The molecule has 0 saturated carbocycles. The van der Waals surface area contributed by atoms with E-state index in [0.717, 1.165) is 11.1 Å². The van der Waals surface area contributed by atoms with Gasteiger partial charge in [-0.2, -0.15) is 0 Å². The summed E-state index contributed by atoms with van der Waals surface area (Å²) in [6.07, 6.45) is 0.499. The number of Topliss-reactive ketones (excluding diaryl/α,β-unsaturated/α-hetero) is 2. The van der Waals surface area contributed by atoms with Crippen LogP contribution in [0.2, 0.25) is 0 Å². The maximum absolute atomic E-state index is 13.7. The molecule has 0 spiro atoms. The highest BCUT2D eigenvalue weighted by Crippen LogP contribution is 2.29. The lowest BCUT2D eigenvalue weighted by molar-refractivity contribution is -0.134. The molecule has 1 aliphatic heterocycles. The van der Waals surface area contributed by atoms with Crippen LogP contribution in [0.4, 0.5) is 0 Å². The smallest absolute Gasteiger partial charge is 0.224 e. The minimum absolute atomic E-state index is 0.0703. The van der Waals surface area contributed by atoms with Crippen LogP contribution in [-0.2, 0) is 46.2 Å². The zero-order valence-electron chi connectivity index (χ0n) is 24.1. The molecule has 10 nitrogen and oxygen atoms in total. The molecule has 1 heterocycles. The number of carbonyl (C=O) groups is 4. The summed E-state index contributed by atoms with van der Waals surface area (Å²) >= 11 is 0. The van der Waals surface area contributed by atoms with Gasteiger partial charge in [-0.05, 0) is 49.9 Å². The highest BCUT2D eigenvalue weighted by molar-refractivity contribution is 5.98. The van der Waals surface area contributed by atoms with Crippen molar-refractivity contribution in [3.05, 3.63) is 65.7 Å². The average molecular weight is 569 g/mol. The first-order valence-corrected chi connectivity index (χ1v) is 13.7. The van der Waals surface area contributed by atoms with Gasteiger partial charge >= 0.3 is 0 Å². The normalized spacial score (nSPS) is 18.0. The van der Waals surface area contributed by atoms with Crippen molar-refractivity contribution in [2.45, 2.75) is 57.2 Å². The van der Waals surface area contributed by atoms with Crippen molar-refractivity contribution in [2.24, 2.45) is 5.92 Å². The Balaban J connectivity index is 1.73. The Morgan fingerprint density at radius 2 is 1.61 bits per heavy atom. The zero-order valence-corrected chi connectivity index (χ0v) is 24.1. The van der Waals surface area contributed by atoms with Gasteiger partial charge in [0.05, 0.1) is 38.8 Å². The minimum Gasteiger partial charge on any atom is -0.497 e. The summed E-state index contributed by atoms with van der Waals surface area (Å²) in [7, 11) is 3.05. The van der Waals surface area contributed by atoms with E-state index in [2.05, 4.69) is 10.6 Å². The molecule has 41 heavy (non-hydrogen) atoms. The Morgan fingerprint density at radius 1 is 0.951 bits per heavy atom. The van der Waals surface area contributed by atoms with Gasteiger partial charge < -0.3 is 29.6 Å². The van der Waals surface area contributed by atoms with Crippen LogP contribution in [0.5, 0.6) is 5.75 Å². The molecule has 2 N–H and O–H groups in total. The number of hydrogen-bond acceptors (Lipinski definition) is 8. The van der Waals surface area contributed by atoms with Gasteiger partial charge in [0.1, 0.15) is 18.1 Å². The highest BCUT2D eigenvalue weighted by atomic mass is 16.7. The Kier molecular flexibility index (Phi) is 12.0. The molecule has 10 heteroatoms. The van der Waals surface area contributed by atoms with Gasteiger partial charge in [-0.3, -0.25) is 19.2 Å². The van der Waals surface area contributed by atoms with E-state index in [-0.39, 0.29) is 50.1 Å². The Hall–Kier alpha value is -3.60. The fraction of sp³-hybridized carbons (Fsp3) is 0.484. The highest BCUT2D eigenvalue weighted by Gasteiger charge is 2.50. The summed E-state index contributed by atoms with van der Waals surface area (Å²) in [6.45, 7) is 3.83. The van der Waals surface area contributed by atoms with Crippen molar-refractivity contribution >= 4 is 23.4 Å². The van der Waals surface area contributed by atoms with Gasteiger partial charge in [-0.1, -0.05) is 42.5 Å². The fourth-order valence-electron chi connectivity index (χ4n) is 4.39. The number of benzene rings is 2. The predicted molar refractivity (Wildman–Crippen MR) is 151 cm³/mol. The lowest BCUT2D eigenvalue weighted by Crippen LogP contribution is -2.50. The topological polar surface area (TPSA) is 133 Å². The van der Waals surface area contributed by atoms with Crippen molar-refractivity contribution in [1.82, 2.24) is 10.6 Å². The van der Waals surface area contributed by atoms with Gasteiger partial charge in [0, 0.05) is 19.4 Å². The van der Waals surface area contributed by atoms with E-state index in [9.17, 15) is 19.2 Å². The van der Waals surface area contributed by atoms with Gasteiger partial charge in [0.2, 0.25) is 11.8 Å². The van der Waals surface area contributed by atoms with E-state index >= 15 is 0 Å². The van der Waals surface area contributed by atoms with E-state index in [0.29, 0.717) is 18.8 Å². The molecule has 222 valence electrons. The molecule has 1 saturated heterocycles. The molecule has 4 atom stereocenters. The number of methoxy groups -OCH3 is 2. The van der Waals surface area contributed by atoms with Crippen LogP contribution in [0, 0.1) is 5.92 Å². The number of hydrogen-bond donors (Lipinski definition) is 2. The molecule has 1 fully saturated rings. The van der Waals surface area contributed by atoms with Crippen LogP contribution < -0.4 is 15.4 Å². The minimum atomic E-state index is -0.931. The predicted octanol–water partition coefficient (Wildman–Crippen LogP) is 2.41. The number of epoxide rings is 1. The number of ether oxygens (including phenoxy) is 4. The maximum Gasteiger partial charge on any atom is 0.224 e. The Bertz CT molecular complexity index is 1160. The van der Waals surface area contributed by atoms with E-state index in [1.165, 1.54) is 7.11 Å². The number of amides is 2. The number of rotatable bonds is 18. The summed E-state index contributed by atoms with van der Waals surface area (Å²) in [5, 5.41) is 5.59. The first-order chi connectivity index (χ1) is 19.6. The monoisotopic (exact) mass is 568 g/mol. The van der Waals surface area contributed by atoms with Crippen molar-refractivity contribution < 1.29 is 38.1 Å². The van der Waals surface area contributed by atoms with Crippen molar-refractivity contribution in [3.8, 4) is 5.75 Å². The first-order valence-electron chi connectivity index (χ1n) is 13.7. The molecule has 0 radical (unpaired) electrons. The molecule has 4 unspecified atom stereocenters. The quantitative estimate of drug-likeness (QED) is 0.159. The SMILES string of the molecule is COCOCCC(=O)NC(C)C(=O)CC(Cc1ccc(OC)cc1)C(=O)NC(Cc1ccccc1)C(=O)C1(C)CO1. The molecular formula is C31H40N2O8. The largest absolute Gasteiger partial charge is 0.497 e. The van der Waals surface area contributed by atoms with Gasteiger partial charge in [-0.15, -0.1) is 0 Å². The lowest BCUT2D eigenvalue weighted by Gasteiger charge is -2.24. The summed E-state index contributed by atoms with van der Waals surface area (Å²) in [4.78, 5) is 52.5. The van der Waals surface area contributed by atoms with Crippen LogP contribution in [0.3, 0.4) is 0 Å². The third-order valence-corrected chi connectivity index (χ3v) is 7.01. The van der Waals surface area contributed by atoms with E-state index in [1.807, 2.05) is 42.5 Å². The standard InChI is InChI=1S/C31H40N2O8/c1-21(32-28(35)14-15-40-20-38-3)27(34)18-24(16-23-10-12-25(39-4)13-11-23)30(37)33-26(29(36)31(2)19-41-31)17-22-8-6-5-7-9-22/h5-13,21,24,26H,14-20H2,1-4H3,(H,32,35)(H,33,37). The van der Waals surface area contributed by atoms with Crippen molar-refractivity contribution in [1.29, 1.82) is 0 Å². The van der Waals surface area contributed by atoms with E-state index in [4.69, 9.17) is 18.9 Å². The molecule has 3 rings (SSSR count). The maximum atomic E-state index is 13.7. The molecule has 2 aromatic carbocycles. The Labute approximate surface area is 241 Å². The third-order valence-electron chi connectivity index (χ3n) is 7.01. The van der Waals surface area contributed by atoms with Crippen LogP contribution in [0.15, 0.2) is 54.6 Å². The van der Waals surface area contributed by atoms with Crippen LogP contribution in [0.1, 0.15) is 37.8 Å². The average Bonchev–Trinajstić information content (AvgIpc) is 3.73. The summed E-state index contributed by atoms with van der Waals surface area (Å²) < 4.78 is 20.5. The third kappa shape index (κ3) is 10.1. The first kappa shape index (κ1) is 31.9.